The van der Waals surface area contributed by atoms with Crippen molar-refractivity contribution in [1.82, 2.24) is 0 Å². The summed E-state index contributed by atoms with van der Waals surface area (Å²) in [5.41, 5.74) is 2.86. The zero-order valence-electron chi connectivity index (χ0n) is 13.5. The number of halogens is 1. The van der Waals surface area contributed by atoms with Crippen LogP contribution < -0.4 is 10.1 Å². The number of nitrogens with one attached hydrogen (secondary N) is 1. The summed E-state index contributed by atoms with van der Waals surface area (Å²) in [4.78, 5) is 11.3. The largest absolute Gasteiger partial charge is 0.489 e. The van der Waals surface area contributed by atoms with E-state index >= 15 is 0 Å². The molecule has 23 heavy (non-hydrogen) atoms. The summed E-state index contributed by atoms with van der Waals surface area (Å²) in [7, 11) is 1.23. The minimum absolute atomic E-state index is 0.0715. The Morgan fingerprint density at radius 2 is 2.04 bits per heavy atom. The minimum Gasteiger partial charge on any atom is -0.489 e. The molecule has 0 unspecified atom stereocenters. The first-order valence-corrected chi connectivity index (χ1v) is 7.39. The summed E-state index contributed by atoms with van der Waals surface area (Å²) in [5.74, 6) is 0.199. The van der Waals surface area contributed by atoms with Crippen molar-refractivity contribution in [2.24, 2.45) is 0 Å². The van der Waals surface area contributed by atoms with E-state index in [0.717, 1.165) is 17.7 Å². The van der Waals surface area contributed by atoms with Gasteiger partial charge in [-0.05, 0) is 36.6 Å². The number of methoxy groups -OCH3 is 1. The van der Waals surface area contributed by atoms with Crippen molar-refractivity contribution in [3.63, 3.8) is 0 Å². The lowest BCUT2D eigenvalue weighted by atomic mass is 10.1. The molecular weight excluding hydrogens is 297 g/mol. The summed E-state index contributed by atoms with van der Waals surface area (Å²) in [6.45, 7) is 4.20. The van der Waals surface area contributed by atoms with Crippen LogP contribution in [-0.4, -0.2) is 13.2 Å². The van der Waals surface area contributed by atoms with Gasteiger partial charge in [0.1, 0.15) is 18.2 Å². The highest BCUT2D eigenvalue weighted by Crippen LogP contribution is 2.24. The molecule has 0 bridgehead atoms. The van der Waals surface area contributed by atoms with Gasteiger partial charge in [-0.15, -0.1) is 0 Å². The van der Waals surface area contributed by atoms with Crippen molar-refractivity contribution in [3.05, 3.63) is 58.9 Å². The van der Waals surface area contributed by atoms with Gasteiger partial charge in [0.25, 0.3) is 0 Å². The quantitative estimate of drug-likeness (QED) is 0.886. The van der Waals surface area contributed by atoms with Gasteiger partial charge in [-0.2, -0.15) is 0 Å². The Balaban J connectivity index is 2.17. The average Bonchev–Trinajstić information content (AvgIpc) is 2.56. The van der Waals surface area contributed by atoms with E-state index in [4.69, 9.17) is 4.74 Å². The van der Waals surface area contributed by atoms with Crippen LogP contribution in [0.5, 0.6) is 5.75 Å². The number of hydrogen-bond donors (Lipinski definition) is 1. The van der Waals surface area contributed by atoms with E-state index in [1.807, 2.05) is 19.1 Å². The fraction of sp³-hybridized carbons (Fsp3) is 0.278. The Morgan fingerprint density at radius 1 is 1.26 bits per heavy atom. The van der Waals surface area contributed by atoms with Crippen molar-refractivity contribution < 1.29 is 18.7 Å². The highest BCUT2D eigenvalue weighted by Gasteiger charge is 2.13. The fourth-order valence-electron chi connectivity index (χ4n) is 2.23. The fourth-order valence-corrected chi connectivity index (χ4v) is 2.23. The molecule has 0 saturated heterocycles. The number of anilines is 1. The van der Waals surface area contributed by atoms with E-state index in [0.29, 0.717) is 5.56 Å². The number of ether oxygens (including phenoxy) is 2. The molecule has 5 heteroatoms. The van der Waals surface area contributed by atoms with Gasteiger partial charge < -0.3 is 9.47 Å². The topological polar surface area (TPSA) is 47.6 Å². The van der Waals surface area contributed by atoms with Gasteiger partial charge in [0, 0.05) is 5.56 Å². The summed E-state index contributed by atoms with van der Waals surface area (Å²) in [6, 6.07) is 10.5. The Bertz CT molecular complexity index is 701. The Hall–Kier alpha value is -2.56. The van der Waals surface area contributed by atoms with Gasteiger partial charge in [-0.1, -0.05) is 31.2 Å². The molecule has 4 nitrogen and oxygen atoms in total. The smallest absolute Gasteiger partial charge is 0.411 e. The molecule has 0 aliphatic heterocycles. The third kappa shape index (κ3) is 4.22. The summed E-state index contributed by atoms with van der Waals surface area (Å²) in [6.07, 6.45) is 0.234. The summed E-state index contributed by atoms with van der Waals surface area (Å²) in [5, 5.41) is 2.38. The molecule has 2 rings (SSSR count). The van der Waals surface area contributed by atoms with Crippen molar-refractivity contribution >= 4 is 11.8 Å². The second-order valence-corrected chi connectivity index (χ2v) is 5.13. The lowest BCUT2D eigenvalue weighted by molar-refractivity contribution is 0.186. The Kier molecular flexibility index (Phi) is 5.57. The first-order chi connectivity index (χ1) is 11.0. The highest BCUT2D eigenvalue weighted by molar-refractivity contribution is 5.85. The molecule has 0 aliphatic carbocycles. The highest BCUT2D eigenvalue weighted by atomic mass is 19.1. The number of para-hydroxylation sites is 1. The maximum Gasteiger partial charge on any atom is 0.411 e. The van der Waals surface area contributed by atoms with E-state index in [-0.39, 0.29) is 12.3 Å². The number of rotatable bonds is 5. The third-order valence-corrected chi connectivity index (χ3v) is 3.54. The monoisotopic (exact) mass is 317 g/mol. The molecule has 2 aromatic carbocycles. The lowest BCUT2D eigenvalue weighted by Gasteiger charge is -2.14. The van der Waals surface area contributed by atoms with E-state index in [1.54, 1.807) is 12.1 Å². The molecular formula is C18H20FNO3. The van der Waals surface area contributed by atoms with Gasteiger partial charge in [0.2, 0.25) is 0 Å². The number of carbonyl (C=O) groups is 1. The molecule has 0 spiro atoms. The van der Waals surface area contributed by atoms with Crippen LogP contribution in [0.2, 0.25) is 0 Å². The molecule has 122 valence electrons. The Morgan fingerprint density at radius 3 is 2.70 bits per heavy atom. The zero-order valence-corrected chi connectivity index (χ0v) is 13.5. The third-order valence-electron chi connectivity index (χ3n) is 3.54. The van der Waals surface area contributed by atoms with Crippen molar-refractivity contribution in [3.8, 4) is 5.75 Å². The van der Waals surface area contributed by atoms with Gasteiger partial charge in [0.15, 0.2) is 0 Å². The van der Waals surface area contributed by atoms with Gasteiger partial charge in [-0.25, -0.2) is 9.18 Å². The van der Waals surface area contributed by atoms with Crippen LogP contribution in [0.3, 0.4) is 0 Å². The van der Waals surface area contributed by atoms with Crippen molar-refractivity contribution in [2.75, 3.05) is 12.4 Å². The average molecular weight is 317 g/mol. The van der Waals surface area contributed by atoms with Crippen LogP contribution in [0.1, 0.15) is 23.6 Å². The van der Waals surface area contributed by atoms with Crippen LogP contribution in [0.4, 0.5) is 14.9 Å². The zero-order chi connectivity index (χ0) is 16.8. The maximum atomic E-state index is 13.9. The number of benzene rings is 2. The van der Waals surface area contributed by atoms with Crippen LogP contribution in [0.15, 0.2) is 36.4 Å². The van der Waals surface area contributed by atoms with Crippen LogP contribution >= 0.6 is 0 Å². The molecule has 2 aromatic rings. The maximum absolute atomic E-state index is 13.9. The summed E-state index contributed by atoms with van der Waals surface area (Å²) < 4.78 is 24.2. The number of amides is 1. The van der Waals surface area contributed by atoms with Crippen LogP contribution in [0, 0.1) is 12.7 Å². The van der Waals surface area contributed by atoms with Gasteiger partial charge >= 0.3 is 6.09 Å². The van der Waals surface area contributed by atoms with E-state index in [9.17, 15) is 9.18 Å². The van der Waals surface area contributed by atoms with Crippen LogP contribution in [-0.2, 0) is 17.8 Å². The molecule has 0 aliphatic rings. The molecule has 1 N–H and O–H groups in total. The SMILES string of the molecule is CCc1ccc(OCc2cccc(F)c2NC(=O)OC)c(C)c1. The van der Waals surface area contributed by atoms with E-state index < -0.39 is 11.9 Å². The molecule has 0 aromatic heterocycles. The molecule has 0 fully saturated rings. The molecule has 0 saturated carbocycles. The van der Waals surface area contributed by atoms with E-state index in [2.05, 4.69) is 23.0 Å². The van der Waals surface area contributed by atoms with Crippen LogP contribution in [0.25, 0.3) is 0 Å². The number of carbonyl (C=O) groups excluding carboxylic acids is 1. The molecule has 0 heterocycles. The Labute approximate surface area is 135 Å². The first-order valence-electron chi connectivity index (χ1n) is 7.39. The van der Waals surface area contributed by atoms with Gasteiger partial charge in [-0.3, -0.25) is 5.32 Å². The molecule has 1 amide bonds. The number of hydrogen-bond acceptors (Lipinski definition) is 3. The second kappa shape index (κ2) is 7.63. The number of aryl methyl sites for hydroxylation is 2. The van der Waals surface area contributed by atoms with E-state index in [1.165, 1.54) is 18.7 Å². The normalized spacial score (nSPS) is 10.3. The van der Waals surface area contributed by atoms with Crippen molar-refractivity contribution in [2.45, 2.75) is 26.9 Å². The first kappa shape index (κ1) is 16.8. The minimum atomic E-state index is -0.722. The predicted octanol–water partition coefficient (Wildman–Crippen LogP) is 4.45. The predicted molar refractivity (Wildman–Crippen MR) is 87.3 cm³/mol. The molecule has 0 atom stereocenters. The molecule has 0 radical (unpaired) electrons. The second-order valence-electron chi connectivity index (χ2n) is 5.13. The standard InChI is InChI=1S/C18H20FNO3/c1-4-13-8-9-16(12(2)10-13)23-11-14-6-5-7-15(19)17(14)20-18(21)22-3/h5-10H,4,11H2,1-3H3,(H,20,21). The summed E-state index contributed by atoms with van der Waals surface area (Å²) >= 11 is 0. The van der Waals surface area contributed by atoms with Crippen molar-refractivity contribution in [1.29, 1.82) is 0 Å². The van der Waals surface area contributed by atoms with Gasteiger partial charge in [0.05, 0.1) is 12.8 Å². The lowest BCUT2D eigenvalue weighted by Crippen LogP contribution is -2.14.